The van der Waals surface area contributed by atoms with Gasteiger partial charge in [-0.15, -0.1) is 0 Å². The van der Waals surface area contributed by atoms with Gasteiger partial charge >= 0.3 is 0 Å². The van der Waals surface area contributed by atoms with Gasteiger partial charge in [0.2, 0.25) is 0 Å². The first-order chi connectivity index (χ1) is 11.6. The van der Waals surface area contributed by atoms with E-state index in [4.69, 9.17) is 11.6 Å². The smallest absolute Gasteiger partial charge is 0.273 e. The van der Waals surface area contributed by atoms with Crippen molar-refractivity contribution in [2.75, 3.05) is 32.7 Å². The minimum absolute atomic E-state index is 0.0422. The molecular formula is C18H21ClN4O. The molecule has 1 aromatic heterocycles. The zero-order valence-corrected chi connectivity index (χ0v) is 14.5. The molecule has 6 heteroatoms. The summed E-state index contributed by atoms with van der Waals surface area (Å²) in [6.07, 6.45) is 5.82. The second-order valence-corrected chi connectivity index (χ2v) is 6.28. The van der Waals surface area contributed by atoms with Crippen LogP contribution in [0, 0.1) is 0 Å². The molecule has 0 spiro atoms. The molecular weight excluding hydrogens is 324 g/mol. The highest BCUT2D eigenvalue weighted by Gasteiger charge is 2.25. The normalized spacial score (nSPS) is 16.0. The number of halogens is 1. The van der Waals surface area contributed by atoms with Gasteiger partial charge in [-0.05, 0) is 5.56 Å². The summed E-state index contributed by atoms with van der Waals surface area (Å²) in [5, 5.41) is 4.45. The Morgan fingerprint density at radius 2 is 1.92 bits per heavy atom. The van der Waals surface area contributed by atoms with Crippen LogP contribution >= 0.6 is 11.6 Å². The van der Waals surface area contributed by atoms with Gasteiger partial charge < -0.3 is 4.90 Å². The second-order valence-electron chi connectivity index (χ2n) is 5.87. The van der Waals surface area contributed by atoms with E-state index < -0.39 is 0 Å². The SMILES string of the molecule is Cn1ncc(Cl)c1C(=O)N1CCN(CC=Cc2ccccc2)CC1. The third kappa shape index (κ3) is 3.86. The van der Waals surface area contributed by atoms with Crippen molar-refractivity contribution >= 4 is 23.6 Å². The maximum absolute atomic E-state index is 12.6. The summed E-state index contributed by atoms with van der Waals surface area (Å²) < 4.78 is 1.54. The largest absolute Gasteiger partial charge is 0.335 e. The summed E-state index contributed by atoms with van der Waals surface area (Å²) >= 11 is 6.06. The van der Waals surface area contributed by atoms with Crippen LogP contribution in [-0.2, 0) is 7.05 Å². The van der Waals surface area contributed by atoms with Crippen molar-refractivity contribution in [2.45, 2.75) is 0 Å². The molecule has 24 heavy (non-hydrogen) atoms. The number of amides is 1. The number of nitrogens with zero attached hydrogens (tertiary/aromatic N) is 4. The standard InChI is InChI=1S/C18H21ClN4O/c1-21-17(16(19)14-20-21)18(24)23-12-10-22(11-13-23)9-5-8-15-6-3-2-4-7-15/h2-8,14H,9-13H2,1H3. The molecule has 126 valence electrons. The van der Waals surface area contributed by atoms with Crippen LogP contribution in [0.4, 0.5) is 0 Å². The van der Waals surface area contributed by atoms with Gasteiger partial charge in [-0.2, -0.15) is 5.10 Å². The summed E-state index contributed by atoms with van der Waals surface area (Å²) in [4.78, 5) is 16.7. The summed E-state index contributed by atoms with van der Waals surface area (Å²) in [6, 6.07) is 10.3. The number of hydrogen-bond donors (Lipinski definition) is 0. The molecule has 1 aromatic carbocycles. The van der Waals surface area contributed by atoms with E-state index in [2.05, 4.69) is 34.3 Å². The molecule has 0 saturated carbocycles. The van der Waals surface area contributed by atoms with Crippen molar-refractivity contribution in [3.63, 3.8) is 0 Å². The molecule has 0 radical (unpaired) electrons. The van der Waals surface area contributed by atoms with Gasteiger partial charge in [0.05, 0.1) is 11.2 Å². The second kappa shape index (κ2) is 7.64. The Bertz CT molecular complexity index is 698. The van der Waals surface area contributed by atoms with E-state index in [1.165, 1.54) is 11.8 Å². The van der Waals surface area contributed by atoms with Gasteiger partial charge in [-0.3, -0.25) is 14.4 Å². The van der Waals surface area contributed by atoms with Crippen molar-refractivity contribution in [1.82, 2.24) is 19.6 Å². The van der Waals surface area contributed by atoms with Gasteiger partial charge in [0.1, 0.15) is 5.69 Å². The Morgan fingerprint density at radius 1 is 1.21 bits per heavy atom. The van der Waals surface area contributed by atoms with Crippen LogP contribution < -0.4 is 0 Å². The van der Waals surface area contributed by atoms with Crippen molar-refractivity contribution in [3.05, 3.63) is 58.9 Å². The van der Waals surface area contributed by atoms with E-state index in [1.54, 1.807) is 11.7 Å². The lowest BCUT2D eigenvalue weighted by molar-refractivity contribution is 0.0639. The Labute approximate surface area is 147 Å². The van der Waals surface area contributed by atoms with E-state index in [0.717, 1.165) is 19.6 Å². The Kier molecular flexibility index (Phi) is 5.33. The zero-order chi connectivity index (χ0) is 16.9. The average molecular weight is 345 g/mol. The van der Waals surface area contributed by atoms with Crippen LogP contribution in [0.3, 0.4) is 0 Å². The first kappa shape index (κ1) is 16.7. The fourth-order valence-corrected chi connectivity index (χ4v) is 3.08. The minimum atomic E-state index is -0.0422. The van der Waals surface area contributed by atoms with E-state index in [1.807, 2.05) is 23.1 Å². The Hall–Kier alpha value is -2.11. The molecule has 0 N–H and O–H groups in total. The fourth-order valence-electron chi connectivity index (χ4n) is 2.84. The van der Waals surface area contributed by atoms with Gasteiger partial charge in [0, 0.05) is 39.8 Å². The molecule has 5 nitrogen and oxygen atoms in total. The average Bonchev–Trinajstić information content (AvgIpc) is 2.94. The number of carbonyl (C=O) groups is 1. The Balaban J connectivity index is 1.51. The van der Waals surface area contributed by atoms with Gasteiger partial charge in [-0.1, -0.05) is 54.1 Å². The first-order valence-corrected chi connectivity index (χ1v) is 8.43. The van der Waals surface area contributed by atoms with E-state index in [9.17, 15) is 4.79 Å². The summed E-state index contributed by atoms with van der Waals surface area (Å²) in [7, 11) is 1.74. The molecule has 1 amide bonds. The minimum Gasteiger partial charge on any atom is -0.335 e. The summed E-state index contributed by atoms with van der Waals surface area (Å²) in [5.74, 6) is -0.0422. The Morgan fingerprint density at radius 3 is 2.54 bits per heavy atom. The molecule has 1 aliphatic rings. The maximum Gasteiger partial charge on any atom is 0.273 e. The first-order valence-electron chi connectivity index (χ1n) is 8.06. The molecule has 0 atom stereocenters. The van der Waals surface area contributed by atoms with Crippen molar-refractivity contribution in [1.29, 1.82) is 0 Å². The fraction of sp³-hybridized carbons (Fsp3) is 0.333. The number of aryl methyl sites for hydroxylation is 1. The van der Waals surface area contributed by atoms with Crippen LogP contribution in [0.5, 0.6) is 0 Å². The molecule has 3 rings (SSSR count). The zero-order valence-electron chi connectivity index (χ0n) is 13.7. The van der Waals surface area contributed by atoms with Crippen LogP contribution in [0.15, 0.2) is 42.6 Å². The molecule has 0 bridgehead atoms. The monoisotopic (exact) mass is 344 g/mol. The van der Waals surface area contributed by atoms with Gasteiger partial charge in [-0.25, -0.2) is 0 Å². The van der Waals surface area contributed by atoms with Crippen LogP contribution in [0.1, 0.15) is 16.1 Å². The number of piperazine rings is 1. The van der Waals surface area contributed by atoms with Crippen molar-refractivity contribution < 1.29 is 4.79 Å². The molecule has 0 unspecified atom stereocenters. The number of benzene rings is 1. The third-order valence-corrected chi connectivity index (χ3v) is 4.51. The van der Waals surface area contributed by atoms with E-state index >= 15 is 0 Å². The quantitative estimate of drug-likeness (QED) is 0.856. The predicted molar refractivity (Wildman–Crippen MR) is 96.0 cm³/mol. The van der Waals surface area contributed by atoms with Crippen LogP contribution in [-0.4, -0.2) is 58.2 Å². The highest BCUT2D eigenvalue weighted by atomic mass is 35.5. The maximum atomic E-state index is 12.6. The molecule has 0 aliphatic carbocycles. The lowest BCUT2D eigenvalue weighted by Gasteiger charge is -2.34. The number of rotatable bonds is 4. The topological polar surface area (TPSA) is 41.4 Å². The lowest BCUT2D eigenvalue weighted by Crippen LogP contribution is -2.49. The van der Waals surface area contributed by atoms with Crippen molar-refractivity contribution in [3.8, 4) is 0 Å². The number of carbonyl (C=O) groups excluding carboxylic acids is 1. The van der Waals surface area contributed by atoms with Gasteiger partial charge in [0.25, 0.3) is 5.91 Å². The van der Waals surface area contributed by atoms with Gasteiger partial charge in [0.15, 0.2) is 0 Å². The highest BCUT2D eigenvalue weighted by Crippen LogP contribution is 2.17. The van der Waals surface area contributed by atoms with Crippen LogP contribution in [0.25, 0.3) is 6.08 Å². The highest BCUT2D eigenvalue weighted by molar-refractivity contribution is 6.33. The molecule has 2 aromatic rings. The predicted octanol–water partition coefficient (Wildman–Crippen LogP) is 2.54. The van der Waals surface area contributed by atoms with E-state index in [-0.39, 0.29) is 5.91 Å². The lowest BCUT2D eigenvalue weighted by atomic mass is 10.2. The van der Waals surface area contributed by atoms with E-state index in [0.29, 0.717) is 23.8 Å². The third-order valence-electron chi connectivity index (χ3n) is 4.23. The molecule has 1 saturated heterocycles. The number of aromatic nitrogens is 2. The van der Waals surface area contributed by atoms with Crippen LogP contribution in [0.2, 0.25) is 5.02 Å². The van der Waals surface area contributed by atoms with Crippen molar-refractivity contribution in [2.24, 2.45) is 7.05 Å². The molecule has 1 aliphatic heterocycles. The number of hydrogen-bond acceptors (Lipinski definition) is 3. The molecule has 1 fully saturated rings. The molecule has 2 heterocycles. The summed E-state index contributed by atoms with van der Waals surface area (Å²) in [6.45, 7) is 4.03. The summed E-state index contributed by atoms with van der Waals surface area (Å²) in [5.41, 5.74) is 1.67.